The molecule has 0 amide bonds. The number of carbonyl (C=O) groups excluding carboxylic acids is 1. The Bertz CT molecular complexity index is 413. The van der Waals surface area contributed by atoms with Gasteiger partial charge in [0.2, 0.25) is 6.08 Å². The molecular formula is C11H21N3O3S. The van der Waals surface area contributed by atoms with E-state index in [1.807, 2.05) is 20.8 Å². The molecule has 7 heteroatoms. The Morgan fingerprint density at radius 1 is 1.39 bits per heavy atom. The van der Waals surface area contributed by atoms with Gasteiger partial charge in [0.25, 0.3) is 10.2 Å². The lowest BCUT2D eigenvalue weighted by Gasteiger charge is -2.37. The number of nitrogens with zero attached hydrogens (tertiary/aromatic N) is 3. The molecular weight excluding hydrogens is 254 g/mol. The third kappa shape index (κ3) is 3.17. The van der Waals surface area contributed by atoms with Gasteiger partial charge in [-0.2, -0.15) is 17.0 Å². The molecule has 0 bridgehead atoms. The van der Waals surface area contributed by atoms with Crippen molar-refractivity contribution in [1.29, 1.82) is 0 Å². The molecule has 1 fully saturated rings. The van der Waals surface area contributed by atoms with E-state index in [0.717, 1.165) is 0 Å². The minimum Gasteiger partial charge on any atom is -0.211 e. The maximum absolute atomic E-state index is 12.4. The van der Waals surface area contributed by atoms with Gasteiger partial charge in [0.1, 0.15) is 0 Å². The van der Waals surface area contributed by atoms with E-state index in [9.17, 15) is 13.2 Å². The summed E-state index contributed by atoms with van der Waals surface area (Å²) in [5.41, 5.74) is 0. The van der Waals surface area contributed by atoms with Crippen molar-refractivity contribution < 1.29 is 13.2 Å². The summed E-state index contributed by atoms with van der Waals surface area (Å²) < 4.78 is 27.7. The molecule has 0 aromatic heterocycles. The van der Waals surface area contributed by atoms with E-state index in [-0.39, 0.29) is 12.1 Å². The Hall–Kier alpha value is -0.750. The molecule has 0 N–H and O–H groups in total. The van der Waals surface area contributed by atoms with E-state index in [1.54, 1.807) is 6.08 Å². The van der Waals surface area contributed by atoms with E-state index >= 15 is 0 Å². The van der Waals surface area contributed by atoms with Crippen LogP contribution in [0.25, 0.3) is 0 Å². The number of hydrogen-bond acceptors (Lipinski definition) is 4. The molecule has 0 aliphatic carbocycles. The Morgan fingerprint density at radius 3 is 2.44 bits per heavy atom. The van der Waals surface area contributed by atoms with Crippen molar-refractivity contribution in [3.8, 4) is 0 Å². The molecule has 1 rings (SSSR count). The Kier molecular flexibility index (Phi) is 5.47. The molecule has 0 aromatic carbocycles. The van der Waals surface area contributed by atoms with E-state index in [4.69, 9.17) is 0 Å². The number of piperidine rings is 1. The number of hydrogen-bond donors (Lipinski definition) is 0. The molecule has 2 atom stereocenters. The number of isocyanates is 1. The third-order valence-corrected chi connectivity index (χ3v) is 5.65. The first-order valence-corrected chi connectivity index (χ1v) is 7.70. The standard InChI is InChI=1S/C11H21N3O3S/c1-4-13(5-2)18(16,17)14-7-6-11(12-9-15)8-10(14)3/h10-11H,4-8H2,1-3H3. The molecule has 0 saturated carbocycles. The average molecular weight is 275 g/mol. The first-order chi connectivity index (χ1) is 8.47. The first kappa shape index (κ1) is 15.3. The highest BCUT2D eigenvalue weighted by Crippen LogP contribution is 2.24. The van der Waals surface area contributed by atoms with E-state index < -0.39 is 10.2 Å². The molecule has 6 nitrogen and oxygen atoms in total. The van der Waals surface area contributed by atoms with Gasteiger partial charge in [-0.05, 0) is 19.8 Å². The summed E-state index contributed by atoms with van der Waals surface area (Å²) in [4.78, 5) is 13.9. The summed E-state index contributed by atoms with van der Waals surface area (Å²) in [5, 5.41) is 0. The normalized spacial score (nSPS) is 26.0. The van der Waals surface area contributed by atoms with Gasteiger partial charge < -0.3 is 0 Å². The van der Waals surface area contributed by atoms with Crippen LogP contribution in [0.1, 0.15) is 33.6 Å². The van der Waals surface area contributed by atoms with Crippen molar-refractivity contribution in [3.63, 3.8) is 0 Å². The second kappa shape index (κ2) is 6.43. The van der Waals surface area contributed by atoms with Crippen LogP contribution in [0.3, 0.4) is 0 Å². The third-order valence-electron chi connectivity index (χ3n) is 3.35. The van der Waals surface area contributed by atoms with Crippen LogP contribution in [0, 0.1) is 0 Å². The van der Waals surface area contributed by atoms with Crippen LogP contribution < -0.4 is 0 Å². The van der Waals surface area contributed by atoms with E-state index in [0.29, 0.717) is 32.5 Å². The fraction of sp³-hybridized carbons (Fsp3) is 0.909. The maximum atomic E-state index is 12.4. The quantitative estimate of drug-likeness (QED) is 0.549. The molecule has 0 spiro atoms. The molecule has 0 aromatic rings. The zero-order valence-corrected chi connectivity index (χ0v) is 12.0. The van der Waals surface area contributed by atoms with Gasteiger partial charge >= 0.3 is 0 Å². The van der Waals surface area contributed by atoms with Crippen LogP contribution in [-0.2, 0) is 15.0 Å². The zero-order valence-electron chi connectivity index (χ0n) is 11.2. The molecule has 104 valence electrons. The zero-order chi connectivity index (χ0) is 13.8. The number of rotatable bonds is 5. The van der Waals surface area contributed by atoms with Crippen LogP contribution in [-0.4, -0.2) is 54.8 Å². The minimum atomic E-state index is -3.39. The van der Waals surface area contributed by atoms with Gasteiger partial charge in [0.15, 0.2) is 0 Å². The van der Waals surface area contributed by atoms with Crippen molar-refractivity contribution in [2.45, 2.75) is 45.7 Å². The topological polar surface area (TPSA) is 70.1 Å². The van der Waals surface area contributed by atoms with Crippen molar-refractivity contribution in [3.05, 3.63) is 0 Å². The molecule has 2 unspecified atom stereocenters. The lowest BCUT2D eigenvalue weighted by atomic mass is 10.0. The highest BCUT2D eigenvalue weighted by molar-refractivity contribution is 7.86. The van der Waals surface area contributed by atoms with Gasteiger partial charge in [-0.3, -0.25) is 0 Å². The second-order valence-electron chi connectivity index (χ2n) is 4.45. The predicted octanol–water partition coefficient (Wildman–Crippen LogP) is 0.762. The summed E-state index contributed by atoms with van der Waals surface area (Å²) >= 11 is 0. The van der Waals surface area contributed by atoms with Gasteiger partial charge in [0, 0.05) is 25.7 Å². The summed E-state index contributed by atoms with van der Waals surface area (Å²) in [5.74, 6) is 0. The molecule has 1 saturated heterocycles. The highest BCUT2D eigenvalue weighted by atomic mass is 32.2. The van der Waals surface area contributed by atoms with Gasteiger partial charge in [0.05, 0.1) is 6.04 Å². The van der Waals surface area contributed by atoms with Crippen molar-refractivity contribution in [2.75, 3.05) is 19.6 Å². The average Bonchev–Trinajstić information content (AvgIpc) is 2.30. The van der Waals surface area contributed by atoms with E-state index in [1.165, 1.54) is 8.61 Å². The first-order valence-electron chi connectivity index (χ1n) is 6.31. The highest BCUT2D eigenvalue weighted by Gasteiger charge is 2.36. The Balaban J connectivity index is 2.83. The lowest BCUT2D eigenvalue weighted by Crippen LogP contribution is -2.51. The van der Waals surface area contributed by atoms with Crippen LogP contribution in [0.5, 0.6) is 0 Å². The monoisotopic (exact) mass is 275 g/mol. The fourth-order valence-corrected chi connectivity index (χ4v) is 4.18. The predicted molar refractivity (Wildman–Crippen MR) is 69.2 cm³/mol. The summed E-state index contributed by atoms with van der Waals surface area (Å²) in [6.45, 7) is 6.86. The van der Waals surface area contributed by atoms with Crippen LogP contribution in [0.2, 0.25) is 0 Å². The Morgan fingerprint density at radius 2 is 2.00 bits per heavy atom. The maximum Gasteiger partial charge on any atom is 0.282 e. The van der Waals surface area contributed by atoms with Crippen LogP contribution in [0.4, 0.5) is 0 Å². The summed E-state index contributed by atoms with van der Waals surface area (Å²) in [7, 11) is -3.39. The largest absolute Gasteiger partial charge is 0.282 e. The lowest BCUT2D eigenvalue weighted by molar-refractivity contribution is 0.230. The Labute approximate surface area is 109 Å². The minimum absolute atomic E-state index is 0.0966. The fourth-order valence-electron chi connectivity index (χ4n) is 2.36. The molecule has 0 radical (unpaired) electrons. The van der Waals surface area contributed by atoms with Crippen molar-refractivity contribution in [1.82, 2.24) is 8.61 Å². The SMILES string of the molecule is CCN(CC)S(=O)(=O)N1CCC(N=C=O)CC1C. The molecule has 1 heterocycles. The molecule has 1 aliphatic heterocycles. The molecule has 1 aliphatic rings. The van der Waals surface area contributed by atoms with E-state index in [2.05, 4.69) is 4.99 Å². The van der Waals surface area contributed by atoms with Crippen molar-refractivity contribution in [2.24, 2.45) is 4.99 Å². The number of aliphatic imine (C=N–C) groups is 1. The van der Waals surface area contributed by atoms with Crippen molar-refractivity contribution >= 4 is 16.3 Å². The second-order valence-corrected chi connectivity index (χ2v) is 6.33. The van der Waals surface area contributed by atoms with Crippen LogP contribution in [0.15, 0.2) is 4.99 Å². The van der Waals surface area contributed by atoms with Crippen LogP contribution >= 0.6 is 0 Å². The summed E-state index contributed by atoms with van der Waals surface area (Å²) in [6.07, 6.45) is 2.72. The van der Waals surface area contributed by atoms with Gasteiger partial charge in [-0.15, -0.1) is 0 Å². The molecule has 18 heavy (non-hydrogen) atoms. The summed E-state index contributed by atoms with van der Waals surface area (Å²) in [6, 6.07) is -0.230. The van der Waals surface area contributed by atoms with Gasteiger partial charge in [-0.1, -0.05) is 13.8 Å². The smallest absolute Gasteiger partial charge is 0.211 e. The van der Waals surface area contributed by atoms with Gasteiger partial charge in [-0.25, -0.2) is 9.79 Å².